The first-order valence-electron chi connectivity index (χ1n) is 7.76. The number of nitrogens with zero attached hydrogens (tertiary/aromatic N) is 2. The molecule has 1 saturated carbocycles. The summed E-state index contributed by atoms with van der Waals surface area (Å²) in [5.74, 6) is -0.189. The Kier molecular flexibility index (Phi) is 5.40. The number of aliphatic hydroxyl groups excluding tert-OH is 1. The van der Waals surface area contributed by atoms with Crippen molar-refractivity contribution in [1.82, 2.24) is 0 Å². The van der Waals surface area contributed by atoms with Crippen molar-refractivity contribution in [2.45, 2.75) is 32.1 Å². The Bertz CT molecular complexity index is 542. The summed E-state index contributed by atoms with van der Waals surface area (Å²) in [5, 5.41) is 21.2. The molecule has 0 aromatic heterocycles. The molecule has 1 aromatic rings. The number of benzene rings is 1. The van der Waals surface area contributed by atoms with Gasteiger partial charge in [0.2, 0.25) is 5.91 Å². The second-order valence-electron chi connectivity index (χ2n) is 5.90. The molecule has 2 rings (SSSR count). The van der Waals surface area contributed by atoms with E-state index in [-0.39, 0.29) is 12.5 Å². The van der Waals surface area contributed by atoms with Crippen LogP contribution in [0.2, 0.25) is 0 Å². The number of hydrogen-bond donors (Lipinski definition) is 2. The molecule has 1 aliphatic carbocycles. The van der Waals surface area contributed by atoms with Crippen LogP contribution in [0, 0.1) is 16.7 Å². The molecule has 5 heteroatoms. The normalized spacial score (nSPS) is 16.6. The van der Waals surface area contributed by atoms with Gasteiger partial charge < -0.3 is 15.3 Å². The van der Waals surface area contributed by atoms with Crippen molar-refractivity contribution in [3.8, 4) is 6.07 Å². The average Bonchev–Trinajstić information content (AvgIpc) is 2.56. The molecule has 0 heterocycles. The van der Waals surface area contributed by atoms with Crippen molar-refractivity contribution < 1.29 is 9.90 Å². The van der Waals surface area contributed by atoms with Crippen LogP contribution in [0.4, 0.5) is 11.4 Å². The highest BCUT2D eigenvalue weighted by Crippen LogP contribution is 2.36. The number of nitrogens with one attached hydrogen (secondary N) is 1. The third kappa shape index (κ3) is 3.58. The third-order valence-electron chi connectivity index (χ3n) is 4.36. The maximum Gasteiger partial charge on any atom is 0.244 e. The molecule has 5 nitrogen and oxygen atoms in total. The van der Waals surface area contributed by atoms with Crippen molar-refractivity contribution in [1.29, 1.82) is 5.26 Å². The predicted molar refractivity (Wildman–Crippen MR) is 86.6 cm³/mol. The maximum atomic E-state index is 12.5. The van der Waals surface area contributed by atoms with Crippen LogP contribution in [0.3, 0.4) is 0 Å². The largest absolute Gasteiger partial charge is 0.395 e. The number of rotatable bonds is 5. The van der Waals surface area contributed by atoms with Gasteiger partial charge in [-0.05, 0) is 37.1 Å². The third-order valence-corrected chi connectivity index (χ3v) is 4.36. The van der Waals surface area contributed by atoms with E-state index in [0.717, 1.165) is 24.9 Å². The lowest BCUT2D eigenvalue weighted by molar-refractivity contribution is -0.124. The Labute approximate surface area is 131 Å². The molecule has 118 valence electrons. The molecule has 0 saturated heterocycles. The van der Waals surface area contributed by atoms with Gasteiger partial charge in [-0.3, -0.25) is 4.79 Å². The monoisotopic (exact) mass is 301 g/mol. The topological polar surface area (TPSA) is 76.4 Å². The van der Waals surface area contributed by atoms with Crippen molar-refractivity contribution in [2.24, 2.45) is 5.41 Å². The average molecular weight is 301 g/mol. The quantitative estimate of drug-likeness (QED) is 0.876. The van der Waals surface area contributed by atoms with Crippen LogP contribution in [0.5, 0.6) is 0 Å². The van der Waals surface area contributed by atoms with E-state index in [1.165, 1.54) is 0 Å². The molecule has 0 aliphatic heterocycles. The van der Waals surface area contributed by atoms with Crippen LogP contribution in [0.15, 0.2) is 24.3 Å². The van der Waals surface area contributed by atoms with Crippen LogP contribution >= 0.6 is 0 Å². The number of hydrogen-bond acceptors (Lipinski definition) is 4. The SMILES string of the molecule is CN(CCO)c1ccc(NC(=O)C2(C#N)CCCCC2)cc1. The van der Waals surface area contributed by atoms with E-state index >= 15 is 0 Å². The fourth-order valence-corrected chi connectivity index (χ4v) is 2.87. The first kappa shape index (κ1) is 16.3. The fourth-order valence-electron chi connectivity index (χ4n) is 2.87. The highest BCUT2D eigenvalue weighted by atomic mass is 16.3. The summed E-state index contributed by atoms with van der Waals surface area (Å²) in [7, 11) is 1.90. The van der Waals surface area contributed by atoms with Crippen molar-refractivity contribution in [3.05, 3.63) is 24.3 Å². The summed E-state index contributed by atoms with van der Waals surface area (Å²) < 4.78 is 0. The first-order valence-corrected chi connectivity index (χ1v) is 7.76. The second-order valence-corrected chi connectivity index (χ2v) is 5.90. The summed E-state index contributed by atoms with van der Waals surface area (Å²) in [6, 6.07) is 9.68. The summed E-state index contributed by atoms with van der Waals surface area (Å²) >= 11 is 0. The molecular weight excluding hydrogens is 278 g/mol. The summed E-state index contributed by atoms with van der Waals surface area (Å²) in [6.07, 6.45) is 4.26. The lowest BCUT2D eigenvalue weighted by atomic mass is 9.74. The zero-order chi connectivity index (χ0) is 16.0. The number of amides is 1. The Balaban J connectivity index is 2.04. The number of carbonyl (C=O) groups is 1. The highest BCUT2D eigenvalue weighted by molar-refractivity contribution is 5.97. The number of nitriles is 1. The van der Waals surface area contributed by atoms with E-state index in [0.29, 0.717) is 25.1 Å². The van der Waals surface area contributed by atoms with Crippen LogP contribution < -0.4 is 10.2 Å². The molecule has 1 aliphatic rings. The fraction of sp³-hybridized carbons (Fsp3) is 0.529. The van der Waals surface area contributed by atoms with E-state index in [4.69, 9.17) is 5.11 Å². The Morgan fingerprint density at radius 2 is 1.95 bits per heavy atom. The van der Waals surface area contributed by atoms with Gasteiger partial charge in [0.05, 0.1) is 12.7 Å². The summed E-state index contributed by atoms with van der Waals surface area (Å²) in [5.41, 5.74) is 0.802. The minimum Gasteiger partial charge on any atom is -0.395 e. The minimum atomic E-state index is -0.870. The van der Waals surface area contributed by atoms with Gasteiger partial charge in [-0.1, -0.05) is 19.3 Å². The molecule has 0 atom stereocenters. The number of anilines is 2. The van der Waals surface area contributed by atoms with E-state index in [9.17, 15) is 10.1 Å². The van der Waals surface area contributed by atoms with E-state index in [1.807, 2.05) is 36.2 Å². The van der Waals surface area contributed by atoms with Crippen LogP contribution in [0.25, 0.3) is 0 Å². The molecule has 1 aromatic carbocycles. The zero-order valence-electron chi connectivity index (χ0n) is 13.0. The maximum absolute atomic E-state index is 12.5. The van der Waals surface area contributed by atoms with Gasteiger partial charge >= 0.3 is 0 Å². The van der Waals surface area contributed by atoms with E-state index < -0.39 is 5.41 Å². The van der Waals surface area contributed by atoms with Gasteiger partial charge in [0.1, 0.15) is 5.41 Å². The second kappa shape index (κ2) is 7.28. The molecule has 0 radical (unpaired) electrons. The molecule has 22 heavy (non-hydrogen) atoms. The van der Waals surface area contributed by atoms with Gasteiger partial charge in [-0.15, -0.1) is 0 Å². The van der Waals surface area contributed by atoms with Gasteiger partial charge in [0, 0.05) is 25.0 Å². The molecule has 0 unspecified atom stereocenters. The van der Waals surface area contributed by atoms with Gasteiger partial charge in [0.15, 0.2) is 0 Å². The standard InChI is InChI=1S/C17H23N3O2/c1-20(11-12-21)15-7-5-14(6-8-15)19-16(22)17(13-18)9-3-2-4-10-17/h5-8,21H,2-4,9-12H2,1H3,(H,19,22). The van der Waals surface area contributed by atoms with Crippen molar-refractivity contribution in [3.63, 3.8) is 0 Å². The van der Waals surface area contributed by atoms with Gasteiger partial charge in [-0.25, -0.2) is 0 Å². The summed E-state index contributed by atoms with van der Waals surface area (Å²) in [6.45, 7) is 0.656. The predicted octanol–water partition coefficient (Wildman–Crippen LogP) is 2.53. The first-order chi connectivity index (χ1) is 10.6. The lowest BCUT2D eigenvalue weighted by Gasteiger charge is -2.29. The van der Waals surface area contributed by atoms with Crippen molar-refractivity contribution >= 4 is 17.3 Å². The Morgan fingerprint density at radius 1 is 1.32 bits per heavy atom. The molecule has 0 spiro atoms. The van der Waals surface area contributed by atoms with Crippen molar-refractivity contribution in [2.75, 3.05) is 30.4 Å². The number of likely N-dealkylation sites (N-methyl/N-ethyl adjacent to an activating group) is 1. The lowest BCUT2D eigenvalue weighted by Crippen LogP contribution is -2.36. The van der Waals surface area contributed by atoms with E-state index in [1.54, 1.807) is 0 Å². The highest BCUT2D eigenvalue weighted by Gasteiger charge is 2.39. The Hall–Kier alpha value is -2.06. The molecule has 1 amide bonds. The van der Waals surface area contributed by atoms with Crippen LogP contribution in [0.1, 0.15) is 32.1 Å². The van der Waals surface area contributed by atoms with Crippen LogP contribution in [-0.4, -0.2) is 31.2 Å². The number of carbonyl (C=O) groups excluding carboxylic acids is 1. The van der Waals surface area contributed by atoms with E-state index in [2.05, 4.69) is 11.4 Å². The minimum absolute atomic E-state index is 0.0969. The smallest absolute Gasteiger partial charge is 0.244 e. The number of aliphatic hydroxyl groups is 1. The summed E-state index contributed by atoms with van der Waals surface area (Å²) in [4.78, 5) is 14.4. The van der Waals surface area contributed by atoms with Gasteiger partial charge in [0.25, 0.3) is 0 Å². The molecular formula is C17H23N3O2. The molecule has 1 fully saturated rings. The zero-order valence-corrected chi connectivity index (χ0v) is 13.0. The van der Waals surface area contributed by atoms with Crippen LogP contribution in [-0.2, 0) is 4.79 Å². The van der Waals surface area contributed by atoms with Gasteiger partial charge in [-0.2, -0.15) is 5.26 Å². The molecule has 0 bridgehead atoms. The molecule has 2 N–H and O–H groups in total. The Morgan fingerprint density at radius 3 is 2.50 bits per heavy atom.